The summed E-state index contributed by atoms with van der Waals surface area (Å²) < 4.78 is 10.5. The van der Waals surface area contributed by atoms with Crippen molar-refractivity contribution in [1.82, 2.24) is 10.2 Å². The van der Waals surface area contributed by atoms with Gasteiger partial charge in [-0.2, -0.15) is 0 Å². The lowest BCUT2D eigenvalue weighted by atomic mass is 9.99. The summed E-state index contributed by atoms with van der Waals surface area (Å²) in [4.78, 5) is 46.5. The Morgan fingerprint density at radius 3 is 1.88 bits per heavy atom. The standard InChI is InChI=1S/C28H28N4O10/c33-24-13-25(30(15-24)28(36)42-17-20-5-11-23(12-6-20)32(39)40)26(34)21-7-1-18(2-8-21)14-29-27(35)41-16-19-3-9-22(10-4-19)31(37)38/h1-12,24-26,33-34H,13-17H2,(H,29,35)/t24-,25+,26+/m1/s1. The molecular formula is C28H28N4O10. The minimum Gasteiger partial charge on any atom is -0.445 e. The summed E-state index contributed by atoms with van der Waals surface area (Å²) in [5, 5.41) is 45.3. The minimum atomic E-state index is -1.12. The summed E-state index contributed by atoms with van der Waals surface area (Å²) in [6.45, 7) is -0.0806. The number of alkyl carbamates (subject to hydrolysis) is 1. The van der Waals surface area contributed by atoms with Crippen LogP contribution in [0.2, 0.25) is 0 Å². The summed E-state index contributed by atoms with van der Waals surface area (Å²) >= 11 is 0. The van der Waals surface area contributed by atoms with Gasteiger partial charge in [0.15, 0.2) is 0 Å². The number of rotatable bonds is 10. The number of hydrogen-bond donors (Lipinski definition) is 3. The highest BCUT2D eigenvalue weighted by Gasteiger charge is 2.40. The molecule has 1 aliphatic rings. The van der Waals surface area contributed by atoms with Crippen LogP contribution in [0.4, 0.5) is 21.0 Å². The van der Waals surface area contributed by atoms with Gasteiger partial charge in [-0.1, -0.05) is 24.3 Å². The second kappa shape index (κ2) is 13.5. The molecule has 2 amide bonds. The minimum absolute atomic E-state index is 0.0230. The van der Waals surface area contributed by atoms with Crippen molar-refractivity contribution in [2.45, 2.75) is 44.4 Å². The Bertz CT molecular complexity index is 1410. The fraction of sp³-hybridized carbons (Fsp3) is 0.286. The zero-order valence-corrected chi connectivity index (χ0v) is 22.2. The van der Waals surface area contributed by atoms with Crippen molar-refractivity contribution in [1.29, 1.82) is 0 Å². The van der Waals surface area contributed by atoms with Gasteiger partial charge in [0.05, 0.1) is 34.6 Å². The molecule has 0 bridgehead atoms. The molecule has 0 aromatic heterocycles. The molecule has 0 radical (unpaired) electrons. The van der Waals surface area contributed by atoms with E-state index in [-0.39, 0.29) is 44.1 Å². The number of nitro benzene ring substituents is 2. The molecule has 0 saturated carbocycles. The van der Waals surface area contributed by atoms with Gasteiger partial charge in [-0.15, -0.1) is 0 Å². The van der Waals surface area contributed by atoms with E-state index in [1.807, 2.05) is 0 Å². The Kier molecular flexibility index (Phi) is 9.62. The lowest BCUT2D eigenvalue weighted by Crippen LogP contribution is -2.39. The maximum Gasteiger partial charge on any atom is 0.410 e. The van der Waals surface area contributed by atoms with Crippen LogP contribution in [-0.2, 0) is 29.2 Å². The van der Waals surface area contributed by atoms with Crippen LogP contribution in [0.5, 0.6) is 0 Å². The summed E-state index contributed by atoms with van der Waals surface area (Å²) in [5.74, 6) is 0. The maximum atomic E-state index is 12.8. The molecule has 0 spiro atoms. The molecule has 1 fully saturated rings. The maximum absolute atomic E-state index is 12.8. The average molecular weight is 581 g/mol. The first-order chi connectivity index (χ1) is 20.1. The van der Waals surface area contributed by atoms with Crippen molar-refractivity contribution in [3.63, 3.8) is 0 Å². The van der Waals surface area contributed by atoms with E-state index in [9.17, 15) is 40.0 Å². The van der Waals surface area contributed by atoms with Crippen molar-refractivity contribution < 1.29 is 39.1 Å². The number of nitrogens with zero attached hydrogens (tertiary/aromatic N) is 3. The van der Waals surface area contributed by atoms with Crippen molar-refractivity contribution >= 4 is 23.6 Å². The summed E-state index contributed by atoms with van der Waals surface area (Å²) in [5.41, 5.74) is 2.20. The molecule has 3 N–H and O–H groups in total. The third-order valence-corrected chi connectivity index (χ3v) is 6.70. The molecule has 0 unspecified atom stereocenters. The molecule has 4 rings (SSSR count). The van der Waals surface area contributed by atoms with E-state index in [0.717, 1.165) is 0 Å². The molecule has 3 atom stereocenters. The third-order valence-electron chi connectivity index (χ3n) is 6.70. The van der Waals surface area contributed by atoms with E-state index in [0.29, 0.717) is 22.3 Å². The predicted octanol–water partition coefficient (Wildman–Crippen LogP) is 3.73. The number of β-amino-alcohol motifs (C(OH)–C–C–N with tert-alkyl or cyclic N) is 1. The van der Waals surface area contributed by atoms with E-state index in [1.165, 1.54) is 53.4 Å². The lowest BCUT2D eigenvalue weighted by molar-refractivity contribution is -0.385. The number of ether oxygens (including phenoxy) is 2. The van der Waals surface area contributed by atoms with E-state index in [1.54, 1.807) is 24.3 Å². The summed E-state index contributed by atoms with van der Waals surface area (Å²) in [7, 11) is 0. The number of non-ortho nitro benzene ring substituents is 2. The van der Waals surface area contributed by atoms with Crippen LogP contribution in [-0.4, -0.2) is 55.8 Å². The SMILES string of the molecule is O=C(NCc1ccc([C@H](O)[C@@H]2C[C@@H](O)CN2C(=O)OCc2ccc([N+](=O)[O-])cc2)cc1)OCc1ccc([N+](=O)[O-])cc1. The Labute approximate surface area is 239 Å². The lowest BCUT2D eigenvalue weighted by Gasteiger charge is -2.28. The fourth-order valence-electron chi connectivity index (χ4n) is 4.44. The molecule has 42 heavy (non-hydrogen) atoms. The molecule has 3 aromatic carbocycles. The molecule has 220 valence electrons. The quantitative estimate of drug-likeness (QED) is 0.235. The first kappa shape index (κ1) is 29.9. The van der Waals surface area contributed by atoms with Crippen LogP contribution in [0.1, 0.15) is 34.8 Å². The van der Waals surface area contributed by atoms with Crippen LogP contribution in [0.15, 0.2) is 72.8 Å². The van der Waals surface area contributed by atoms with E-state index in [4.69, 9.17) is 9.47 Å². The Hall–Kier alpha value is -5.08. The Morgan fingerprint density at radius 1 is 0.857 bits per heavy atom. The number of nitro groups is 2. The number of nitrogens with one attached hydrogen (secondary N) is 1. The van der Waals surface area contributed by atoms with Crippen molar-refractivity contribution in [2.24, 2.45) is 0 Å². The summed E-state index contributed by atoms with van der Waals surface area (Å²) in [6.07, 6.45) is -3.25. The van der Waals surface area contributed by atoms with Gasteiger partial charge in [-0.05, 0) is 52.9 Å². The molecule has 1 heterocycles. The number of aliphatic hydroxyl groups excluding tert-OH is 2. The molecule has 0 aliphatic carbocycles. The van der Waals surface area contributed by atoms with Gasteiger partial charge in [-0.3, -0.25) is 25.1 Å². The number of benzene rings is 3. The van der Waals surface area contributed by atoms with Gasteiger partial charge < -0.3 is 25.0 Å². The van der Waals surface area contributed by atoms with Gasteiger partial charge in [-0.25, -0.2) is 9.59 Å². The van der Waals surface area contributed by atoms with Crippen molar-refractivity contribution in [3.8, 4) is 0 Å². The zero-order chi connectivity index (χ0) is 30.2. The second-order valence-electron chi connectivity index (χ2n) is 9.63. The molecule has 3 aromatic rings. The molecular weight excluding hydrogens is 552 g/mol. The highest BCUT2D eigenvalue weighted by Crippen LogP contribution is 2.30. The normalized spacial score (nSPS) is 16.9. The number of carbonyl (C=O) groups is 2. The van der Waals surface area contributed by atoms with Gasteiger partial charge in [0, 0.05) is 30.8 Å². The molecule has 1 saturated heterocycles. The highest BCUT2D eigenvalue weighted by molar-refractivity contribution is 5.69. The highest BCUT2D eigenvalue weighted by atomic mass is 16.6. The first-order valence-corrected chi connectivity index (χ1v) is 12.9. The zero-order valence-electron chi connectivity index (χ0n) is 22.2. The van der Waals surface area contributed by atoms with Crippen LogP contribution in [0.3, 0.4) is 0 Å². The van der Waals surface area contributed by atoms with Crippen LogP contribution in [0, 0.1) is 20.2 Å². The largest absolute Gasteiger partial charge is 0.445 e. The number of aliphatic hydroxyl groups is 2. The fourth-order valence-corrected chi connectivity index (χ4v) is 4.44. The predicted molar refractivity (Wildman–Crippen MR) is 146 cm³/mol. The Balaban J connectivity index is 1.27. The van der Waals surface area contributed by atoms with E-state index >= 15 is 0 Å². The Morgan fingerprint density at radius 2 is 1.36 bits per heavy atom. The van der Waals surface area contributed by atoms with Crippen LogP contribution < -0.4 is 5.32 Å². The van der Waals surface area contributed by atoms with E-state index in [2.05, 4.69) is 5.32 Å². The van der Waals surface area contributed by atoms with Crippen molar-refractivity contribution in [2.75, 3.05) is 6.54 Å². The number of carbonyl (C=O) groups excluding carboxylic acids is 2. The van der Waals surface area contributed by atoms with Crippen LogP contribution in [0.25, 0.3) is 0 Å². The first-order valence-electron chi connectivity index (χ1n) is 12.9. The third kappa shape index (κ3) is 7.77. The average Bonchev–Trinajstić information content (AvgIpc) is 3.39. The topological polar surface area (TPSA) is 195 Å². The molecule has 14 nitrogen and oxygen atoms in total. The van der Waals surface area contributed by atoms with Crippen LogP contribution >= 0.6 is 0 Å². The summed E-state index contributed by atoms with van der Waals surface area (Å²) in [6, 6.07) is 17.1. The van der Waals surface area contributed by atoms with Crippen molar-refractivity contribution in [3.05, 3.63) is 115 Å². The molecule has 14 heteroatoms. The monoisotopic (exact) mass is 580 g/mol. The van der Waals surface area contributed by atoms with E-state index < -0.39 is 40.3 Å². The van der Waals surface area contributed by atoms with Gasteiger partial charge in [0.2, 0.25) is 0 Å². The molecule has 1 aliphatic heterocycles. The number of amides is 2. The smallest absolute Gasteiger partial charge is 0.410 e. The van der Waals surface area contributed by atoms with Gasteiger partial charge in [0.1, 0.15) is 13.2 Å². The van der Waals surface area contributed by atoms with Gasteiger partial charge in [0.25, 0.3) is 11.4 Å². The number of likely N-dealkylation sites (tertiary alicyclic amines) is 1. The van der Waals surface area contributed by atoms with Gasteiger partial charge >= 0.3 is 12.2 Å². The second-order valence-corrected chi connectivity index (χ2v) is 9.63. The number of hydrogen-bond acceptors (Lipinski definition) is 10.